The van der Waals surface area contributed by atoms with Crippen molar-refractivity contribution < 1.29 is 44.7 Å². The van der Waals surface area contributed by atoms with E-state index in [1.807, 2.05) is 0 Å². The van der Waals surface area contributed by atoms with E-state index in [9.17, 15) is 29.7 Å². The van der Waals surface area contributed by atoms with Crippen LogP contribution < -0.4 is 10.6 Å². The molecule has 1 heterocycles. The van der Waals surface area contributed by atoms with E-state index < -0.39 is 67.0 Å². The summed E-state index contributed by atoms with van der Waals surface area (Å²) in [5, 5.41) is 52.7. The summed E-state index contributed by atoms with van der Waals surface area (Å²) in [5.74, 6) is -5.67. The maximum absolute atomic E-state index is 11.4. The number of nitrogens with one attached hydrogen (secondary N) is 2. The SMILES string of the molecule is CC(=O)N[C@H]1[C@H]([C@H](O)[C@H](O)CO)O[C@@](O)(C(=O)O)C[C@@H]1NC(C)=O. The number of hydrogen-bond donors (Lipinski definition) is 7. The maximum Gasteiger partial charge on any atom is 0.364 e. The van der Waals surface area contributed by atoms with Gasteiger partial charge in [-0.05, 0) is 0 Å². The maximum atomic E-state index is 11.4. The third-order valence-corrected chi connectivity index (χ3v) is 3.63. The molecule has 0 aliphatic carbocycles. The Hall–Kier alpha value is -1.79. The third kappa shape index (κ3) is 4.61. The van der Waals surface area contributed by atoms with Gasteiger partial charge in [-0.15, -0.1) is 0 Å². The predicted molar refractivity (Wildman–Crippen MR) is 76.4 cm³/mol. The van der Waals surface area contributed by atoms with Gasteiger partial charge in [-0.3, -0.25) is 9.59 Å². The molecule has 0 aromatic rings. The number of carbonyl (C=O) groups excluding carboxylic acids is 2. The molecule has 2 amide bonds. The highest BCUT2D eigenvalue weighted by Gasteiger charge is 2.54. The number of aliphatic hydroxyl groups excluding tert-OH is 3. The number of carboxylic acids is 1. The Morgan fingerprint density at radius 2 is 1.75 bits per heavy atom. The quantitative estimate of drug-likeness (QED) is 0.253. The molecule has 1 aliphatic heterocycles. The van der Waals surface area contributed by atoms with E-state index in [2.05, 4.69) is 10.6 Å². The molecule has 1 aliphatic rings. The van der Waals surface area contributed by atoms with Gasteiger partial charge in [0.2, 0.25) is 11.8 Å². The van der Waals surface area contributed by atoms with Gasteiger partial charge >= 0.3 is 5.97 Å². The number of hydrogen-bond acceptors (Lipinski definition) is 8. The van der Waals surface area contributed by atoms with Crippen LogP contribution in [0.5, 0.6) is 0 Å². The summed E-state index contributed by atoms with van der Waals surface area (Å²) in [6.45, 7) is 1.42. The average Bonchev–Trinajstić information content (AvgIpc) is 2.47. The zero-order valence-corrected chi connectivity index (χ0v) is 13.2. The monoisotopic (exact) mass is 350 g/mol. The predicted octanol–water partition coefficient (Wildman–Crippen LogP) is -3.73. The van der Waals surface area contributed by atoms with E-state index in [0.717, 1.165) is 13.8 Å². The zero-order chi connectivity index (χ0) is 18.7. The van der Waals surface area contributed by atoms with Gasteiger partial charge in [0.05, 0.1) is 18.7 Å². The molecule has 11 heteroatoms. The Morgan fingerprint density at radius 1 is 1.21 bits per heavy atom. The first kappa shape index (κ1) is 20.3. The third-order valence-electron chi connectivity index (χ3n) is 3.63. The smallest absolute Gasteiger partial charge is 0.364 e. The van der Waals surface area contributed by atoms with Crippen molar-refractivity contribution in [2.45, 2.75) is 56.5 Å². The van der Waals surface area contributed by atoms with E-state index in [1.165, 1.54) is 0 Å². The van der Waals surface area contributed by atoms with Gasteiger partial charge in [0.25, 0.3) is 5.79 Å². The van der Waals surface area contributed by atoms with Crippen molar-refractivity contribution in [2.24, 2.45) is 0 Å². The Balaban J connectivity index is 3.25. The molecule has 11 nitrogen and oxygen atoms in total. The minimum Gasteiger partial charge on any atom is -0.477 e. The van der Waals surface area contributed by atoms with Crippen LogP contribution in [0.15, 0.2) is 0 Å². The molecule has 0 spiro atoms. The fraction of sp³-hybridized carbons (Fsp3) is 0.769. The molecular formula is C13H22N2O9. The minimum absolute atomic E-state index is 0.569. The second kappa shape index (κ2) is 7.85. The van der Waals surface area contributed by atoms with Crippen LogP contribution >= 0.6 is 0 Å². The Labute approximate surface area is 137 Å². The lowest BCUT2D eigenvalue weighted by Gasteiger charge is -2.46. The molecule has 0 bridgehead atoms. The number of rotatable bonds is 6. The molecule has 24 heavy (non-hydrogen) atoms. The Bertz CT molecular complexity index is 500. The molecule has 0 unspecified atom stereocenters. The summed E-state index contributed by atoms with van der Waals surface area (Å²) in [6.07, 6.45) is -5.77. The van der Waals surface area contributed by atoms with E-state index >= 15 is 0 Å². The van der Waals surface area contributed by atoms with Crippen molar-refractivity contribution in [3.63, 3.8) is 0 Å². The van der Waals surface area contributed by atoms with Gasteiger partial charge in [0, 0.05) is 20.3 Å². The molecule has 1 rings (SSSR count). The molecule has 0 saturated carbocycles. The largest absolute Gasteiger partial charge is 0.477 e. The second-order valence-corrected chi connectivity index (χ2v) is 5.65. The van der Waals surface area contributed by atoms with Gasteiger partial charge in [-0.1, -0.05) is 0 Å². The zero-order valence-electron chi connectivity index (χ0n) is 13.2. The summed E-state index contributed by atoms with van der Waals surface area (Å²) in [7, 11) is 0. The Morgan fingerprint density at radius 3 is 2.17 bits per heavy atom. The van der Waals surface area contributed by atoms with Crippen LogP contribution in [0.4, 0.5) is 0 Å². The van der Waals surface area contributed by atoms with Crippen LogP contribution in [0, 0.1) is 0 Å². The number of aliphatic carboxylic acids is 1. The number of carbonyl (C=O) groups is 3. The van der Waals surface area contributed by atoms with Gasteiger partial charge < -0.3 is 40.9 Å². The van der Waals surface area contributed by atoms with Crippen LogP contribution in [0.2, 0.25) is 0 Å². The van der Waals surface area contributed by atoms with Gasteiger partial charge in [0.1, 0.15) is 18.3 Å². The first-order valence-corrected chi connectivity index (χ1v) is 7.16. The first-order chi connectivity index (χ1) is 11.0. The van der Waals surface area contributed by atoms with Gasteiger partial charge in [-0.25, -0.2) is 4.79 Å². The topological polar surface area (TPSA) is 186 Å². The summed E-state index contributed by atoms with van der Waals surface area (Å²) < 4.78 is 5.01. The fourth-order valence-electron chi connectivity index (χ4n) is 2.57. The number of aliphatic hydroxyl groups is 4. The summed E-state index contributed by atoms with van der Waals surface area (Å²) in [6, 6.07) is -2.26. The van der Waals surface area contributed by atoms with E-state index in [0.29, 0.717) is 0 Å². The standard InChI is InChI=1S/C13H22N2O9/c1-5(17)14-7-3-13(23,12(21)22)24-11(9(7)15-6(2)18)10(20)8(19)4-16/h7-11,16,19-20,23H,3-4H2,1-2H3,(H,14,17)(H,15,18)(H,21,22)/t7-,8+,9+,10+,11+,13+/m0/s1. The minimum atomic E-state index is -2.76. The summed E-state index contributed by atoms with van der Waals surface area (Å²) in [4.78, 5) is 34.0. The molecule has 6 atom stereocenters. The molecule has 7 N–H and O–H groups in total. The fourth-order valence-corrected chi connectivity index (χ4v) is 2.57. The van der Waals surface area contributed by atoms with Crippen LogP contribution in [-0.4, -0.2) is 86.1 Å². The van der Waals surface area contributed by atoms with Gasteiger partial charge in [-0.2, -0.15) is 0 Å². The number of ether oxygens (including phenoxy) is 1. The van der Waals surface area contributed by atoms with Crippen LogP contribution in [-0.2, 0) is 19.1 Å². The van der Waals surface area contributed by atoms with E-state index in [1.54, 1.807) is 0 Å². The Kier molecular flexibility index (Phi) is 6.63. The number of carboxylic acid groups (broad SMARTS) is 1. The summed E-state index contributed by atoms with van der Waals surface area (Å²) >= 11 is 0. The first-order valence-electron chi connectivity index (χ1n) is 7.16. The molecule has 0 radical (unpaired) electrons. The lowest BCUT2D eigenvalue weighted by Crippen LogP contribution is -2.70. The average molecular weight is 350 g/mol. The molecule has 1 fully saturated rings. The van der Waals surface area contributed by atoms with Gasteiger partial charge in [0.15, 0.2) is 0 Å². The van der Waals surface area contributed by atoms with Crippen LogP contribution in [0.25, 0.3) is 0 Å². The van der Waals surface area contributed by atoms with E-state index in [-0.39, 0.29) is 0 Å². The summed E-state index contributed by atoms with van der Waals surface area (Å²) in [5.41, 5.74) is 0. The van der Waals surface area contributed by atoms with Crippen LogP contribution in [0.1, 0.15) is 20.3 Å². The lowest BCUT2D eigenvalue weighted by molar-refractivity contribution is -0.283. The second-order valence-electron chi connectivity index (χ2n) is 5.65. The lowest BCUT2D eigenvalue weighted by atomic mass is 9.86. The van der Waals surface area contributed by atoms with Crippen molar-refractivity contribution in [2.75, 3.05) is 6.61 Å². The van der Waals surface area contributed by atoms with E-state index in [4.69, 9.17) is 14.9 Å². The van der Waals surface area contributed by atoms with Crippen LogP contribution in [0.3, 0.4) is 0 Å². The van der Waals surface area contributed by atoms with Crippen molar-refractivity contribution in [3.8, 4) is 0 Å². The molecule has 1 saturated heterocycles. The molecule has 0 aromatic carbocycles. The van der Waals surface area contributed by atoms with Crippen molar-refractivity contribution in [3.05, 3.63) is 0 Å². The molecule has 0 aromatic heterocycles. The normalized spacial score (nSPS) is 32.5. The van der Waals surface area contributed by atoms with Crippen molar-refractivity contribution in [1.82, 2.24) is 10.6 Å². The molecular weight excluding hydrogens is 328 g/mol. The highest BCUT2D eigenvalue weighted by molar-refractivity contribution is 5.77. The number of amides is 2. The highest BCUT2D eigenvalue weighted by Crippen LogP contribution is 2.30. The molecule has 138 valence electrons. The van der Waals surface area contributed by atoms with Crippen molar-refractivity contribution in [1.29, 1.82) is 0 Å². The van der Waals surface area contributed by atoms with Crippen molar-refractivity contribution >= 4 is 17.8 Å². The highest BCUT2D eigenvalue weighted by atomic mass is 16.7.